The van der Waals surface area contributed by atoms with E-state index in [9.17, 15) is 0 Å². The number of halogens is 2. The lowest BCUT2D eigenvalue weighted by Gasteiger charge is -2.24. The molecule has 0 bridgehead atoms. The number of aliphatic hydroxyl groups is 1. The molecule has 2 N–H and O–H groups in total. The van der Waals surface area contributed by atoms with Crippen molar-refractivity contribution in [2.75, 3.05) is 29.9 Å². The highest BCUT2D eigenvalue weighted by Crippen LogP contribution is 2.37. The maximum atomic E-state index is 9.14. The van der Waals surface area contributed by atoms with Gasteiger partial charge in [0.05, 0.1) is 16.7 Å². The zero-order valence-corrected chi connectivity index (χ0v) is 11.8. The van der Waals surface area contributed by atoms with Crippen LogP contribution in [0.1, 0.15) is 19.8 Å². The van der Waals surface area contributed by atoms with E-state index in [4.69, 9.17) is 28.3 Å². The molecule has 0 saturated heterocycles. The van der Waals surface area contributed by atoms with E-state index in [1.807, 2.05) is 6.92 Å². The maximum Gasteiger partial charge on any atom is 0.150 e. The summed E-state index contributed by atoms with van der Waals surface area (Å²) in [7, 11) is 0. The molecule has 1 fully saturated rings. The smallest absolute Gasteiger partial charge is 0.150 e. The minimum Gasteiger partial charge on any atom is -0.395 e. The van der Waals surface area contributed by atoms with Crippen LogP contribution in [0.4, 0.5) is 11.6 Å². The molecule has 1 aromatic heterocycles. The van der Waals surface area contributed by atoms with Crippen LogP contribution in [0.5, 0.6) is 0 Å². The first-order valence-electron chi connectivity index (χ1n) is 6.14. The standard InChI is InChI=1S/C12H17Cl2N3O/c1-2-15-11-9(13)7-10(14)12(16-11)17(5-6-18)8-3-4-8/h7-8,18H,2-6H2,1H3,(H,15,16). The largest absolute Gasteiger partial charge is 0.395 e. The third-order valence-corrected chi connectivity index (χ3v) is 3.42. The fraction of sp³-hybridized carbons (Fsp3) is 0.583. The van der Waals surface area contributed by atoms with Gasteiger partial charge >= 0.3 is 0 Å². The second-order valence-corrected chi connectivity index (χ2v) is 5.12. The van der Waals surface area contributed by atoms with Gasteiger partial charge in [0, 0.05) is 19.1 Å². The highest BCUT2D eigenvalue weighted by Gasteiger charge is 2.31. The van der Waals surface area contributed by atoms with Crippen molar-refractivity contribution in [1.82, 2.24) is 4.98 Å². The molecule has 0 atom stereocenters. The fourth-order valence-electron chi connectivity index (χ4n) is 1.91. The number of rotatable bonds is 6. The van der Waals surface area contributed by atoms with Crippen molar-refractivity contribution < 1.29 is 5.11 Å². The summed E-state index contributed by atoms with van der Waals surface area (Å²) >= 11 is 12.3. The molecule has 1 aliphatic carbocycles. The van der Waals surface area contributed by atoms with E-state index >= 15 is 0 Å². The molecule has 0 amide bonds. The van der Waals surface area contributed by atoms with Crippen molar-refractivity contribution in [2.24, 2.45) is 0 Å². The lowest BCUT2D eigenvalue weighted by molar-refractivity contribution is 0.301. The Kier molecular flexibility index (Phi) is 4.54. The number of hydrogen-bond donors (Lipinski definition) is 2. The minimum absolute atomic E-state index is 0.0909. The summed E-state index contributed by atoms with van der Waals surface area (Å²) in [5.74, 6) is 1.34. The summed E-state index contributed by atoms with van der Waals surface area (Å²) in [6, 6.07) is 2.15. The Morgan fingerprint density at radius 2 is 2.17 bits per heavy atom. The number of pyridine rings is 1. The summed E-state index contributed by atoms with van der Waals surface area (Å²) in [5, 5.41) is 13.3. The van der Waals surface area contributed by atoms with Gasteiger partial charge in [0.1, 0.15) is 11.6 Å². The van der Waals surface area contributed by atoms with Crippen LogP contribution in [0.15, 0.2) is 6.07 Å². The second-order valence-electron chi connectivity index (χ2n) is 4.30. The molecular weight excluding hydrogens is 273 g/mol. The number of hydrogen-bond acceptors (Lipinski definition) is 4. The summed E-state index contributed by atoms with van der Waals surface area (Å²) < 4.78 is 0. The van der Waals surface area contributed by atoms with Gasteiger partial charge in [-0.25, -0.2) is 4.98 Å². The van der Waals surface area contributed by atoms with E-state index in [0.29, 0.717) is 34.3 Å². The van der Waals surface area contributed by atoms with Crippen molar-refractivity contribution in [1.29, 1.82) is 0 Å². The quantitative estimate of drug-likeness (QED) is 0.846. The van der Waals surface area contributed by atoms with Gasteiger partial charge < -0.3 is 15.3 Å². The van der Waals surface area contributed by atoms with E-state index < -0.39 is 0 Å². The Morgan fingerprint density at radius 3 is 2.72 bits per heavy atom. The predicted octanol–water partition coefficient (Wildman–Crippen LogP) is 2.78. The van der Waals surface area contributed by atoms with Gasteiger partial charge in [-0.1, -0.05) is 23.2 Å². The molecule has 1 aliphatic rings. The van der Waals surface area contributed by atoms with Crippen LogP contribution in [-0.2, 0) is 0 Å². The molecule has 0 radical (unpaired) electrons. The van der Waals surface area contributed by atoms with Gasteiger partial charge in [-0.3, -0.25) is 0 Å². The van der Waals surface area contributed by atoms with Crippen LogP contribution in [0.3, 0.4) is 0 Å². The molecule has 1 saturated carbocycles. The molecular formula is C12H17Cl2N3O. The monoisotopic (exact) mass is 289 g/mol. The van der Waals surface area contributed by atoms with Gasteiger partial charge in [0.25, 0.3) is 0 Å². The van der Waals surface area contributed by atoms with Gasteiger partial charge in [0.15, 0.2) is 0 Å². The van der Waals surface area contributed by atoms with E-state index in [-0.39, 0.29) is 6.61 Å². The first kappa shape index (κ1) is 13.7. The Morgan fingerprint density at radius 1 is 1.44 bits per heavy atom. The Balaban J connectivity index is 2.31. The molecule has 0 aromatic carbocycles. The van der Waals surface area contributed by atoms with Gasteiger partial charge in [-0.15, -0.1) is 0 Å². The molecule has 0 aliphatic heterocycles. The molecule has 6 heteroatoms. The Labute approximate surface area is 117 Å². The van der Waals surface area contributed by atoms with Crippen molar-refractivity contribution in [2.45, 2.75) is 25.8 Å². The molecule has 0 spiro atoms. The lowest BCUT2D eigenvalue weighted by atomic mass is 10.3. The Hall–Kier alpha value is -0.710. The van der Waals surface area contributed by atoms with Gasteiger partial charge in [0.2, 0.25) is 0 Å². The Bertz CT molecular complexity index is 424. The van der Waals surface area contributed by atoms with E-state index in [2.05, 4.69) is 15.2 Å². The van der Waals surface area contributed by atoms with Crippen LogP contribution in [0.2, 0.25) is 10.0 Å². The van der Waals surface area contributed by atoms with Crippen LogP contribution >= 0.6 is 23.2 Å². The maximum absolute atomic E-state index is 9.14. The van der Waals surface area contributed by atoms with E-state index in [1.165, 1.54) is 0 Å². The average molecular weight is 290 g/mol. The molecule has 100 valence electrons. The lowest BCUT2D eigenvalue weighted by Crippen LogP contribution is -2.30. The molecule has 4 nitrogen and oxygen atoms in total. The number of anilines is 2. The second kappa shape index (κ2) is 5.95. The van der Waals surface area contributed by atoms with Crippen LogP contribution < -0.4 is 10.2 Å². The molecule has 18 heavy (non-hydrogen) atoms. The number of aliphatic hydroxyl groups excluding tert-OH is 1. The van der Waals surface area contributed by atoms with Crippen LogP contribution in [-0.4, -0.2) is 35.8 Å². The van der Waals surface area contributed by atoms with Crippen molar-refractivity contribution in [3.63, 3.8) is 0 Å². The van der Waals surface area contributed by atoms with Crippen molar-refractivity contribution in [3.8, 4) is 0 Å². The van der Waals surface area contributed by atoms with Gasteiger partial charge in [-0.05, 0) is 25.8 Å². The SMILES string of the molecule is CCNc1nc(N(CCO)C2CC2)c(Cl)cc1Cl. The topological polar surface area (TPSA) is 48.4 Å². The first-order chi connectivity index (χ1) is 8.67. The summed E-state index contributed by atoms with van der Waals surface area (Å²) in [4.78, 5) is 6.54. The summed E-state index contributed by atoms with van der Waals surface area (Å²) in [5.41, 5.74) is 0. The third kappa shape index (κ3) is 2.99. The number of nitrogens with one attached hydrogen (secondary N) is 1. The number of nitrogens with zero attached hydrogens (tertiary/aromatic N) is 2. The van der Waals surface area contributed by atoms with E-state index in [1.54, 1.807) is 6.07 Å². The fourth-order valence-corrected chi connectivity index (χ4v) is 2.44. The van der Waals surface area contributed by atoms with Crippen molar-refractivity contribution >= 4 is 34.8 Å². The van der Waals surface area contributed by atoms with E-state index in [0.717, 1.165) is 19.4 Å². The van der Waals surface area contributed by atoms with Crippen LogP contribution in [0, 0.1) is 0 Å². The zero-order chi connectivity index (χ0) is 13.1. The summed E-state index contributed by atoms with van der Waals surface area (Å²) in [6.07, 6.45) is 2.24. The molecule has 1 heterocycles. The zero-order valence-electron chi connectivity index (χ0n) is 10.3. The first-order valence-corrected chi connectivity index (χ1v) is 6.90. The molecule has 0 unspecified atom stereocenters. The summed E-state index contributed by atoms with van der Waals surface area (Å²) in [6.45, 7) is 3.37. The third-order valence-electron chi connectivity index (χ3n) is 2.86. The van der Waals surface area contributed by atoms with Crippen LogP contribution in [0.25, 0.3) is 0 Å². The number of aromatic nitrogens is 1. The highest BCUT2D eigenvalue weighted by atomic mass is 35.5. The predicted molar refractivity (Wildman–Crippen MR) is 75.9 cm³/mol. The normalized spacial score (nSPS) is 14.7. The highest BCUT2D eigenvalue weighted by molar-refractivity contribution is 6.37. The van der Waals surface area contributed by atoms with Gasteiger partial charge in [-0.2, -0.15) is 0 Å². The minimum atomic E-state index is 0.0909. The van der Waals surface area contributed by atoms with Crippen molar-refractivity contribution in [3.05, 3.63) is 16.1 Å². The molecule has 2 rings (SSSR count). The average Bonchev–Trinajstić information content (AvgIpc) is 3.14. The molecule has 1 aromatic rings.